The van der Waals surface area contributed by atoms with E-state index in [4.69, 9.17) is 5.84 Å². The minimum atomic E-state index is 0.407. The number of hydrogen-bond donors (Lipinski definition) is 2. The van der Waals surface area contributed by atoms with Crippen LogP contribution in [0, 0.1) is 17.8 Å². The lowest BCUT2D eigenvalue weighted by atomic mass is 10.0. The summed E-state index contributed by atoms with van der Waals surface area (Å²) in [7, 11) is 2.05. The van der Waals surface area contributed by atoms with Gasteiger partial charge in [0, 0.05) is 31.9 Å². The van der Waals surface area contributed by atoms with Crippen LogP contribution in [0.1, 0.15) is 31.5 Å². The lowest BCUT2D eigenvalue weighted by Gasteiger charge is -2.15. The molecule has 2 aliphatic carbocycles. The summed E-state index contributed by atoms with van der Waals surface area (Å²) in [6.45, 7) is 0. The van der Waals surface area contributed by atoms with Crippen LogP contribution in [0.25, 0.3) is 0 Å². The van der Waals surface area contributed by atoms with Crippen molar-refractivity contribution in [1.29, 1.82) is 0 Å². The highest BCUT2D eigenvalue weighted by atomic mass is 15.2. The molecule has 0 aliphatic heterocycles. The second-order valence-electron chi connectivity index (χ2n) is 5.62. The van der Waals surface area contributed by atoms with Gasteiger partial charge in [0.2, 0.25) is 0 Å². The molecule has 3 unspecified atom stereocenters. The van der Waals surface area contributed by atoms with E-state index in [0.717, 1.165) is 30.0 Å². The minimum Gasteiger partial charge on any atom is -0.338 e. The van der Waals surface area contributed by atoms with Crippen molar-refractivity contribution in [2.24, 2.45) is 30.6 Å². The van der Waals surface area contributed by atoms with E-state index in [0.29, 0.717) is 6.04 Å². The first-order chi connectivity index (χ1) is 8.31. The molecule has 2 fully saturated rings. The van der Waals surface area contributed by atoms with Crippen LogP contribution in [-0.4, -0.2) is 15.6 Å². The lowest BCUT2D eigenvalue weighted by Crippen LogP contribution is -2.40. The monoisotopic (exact) mass is 234 g/mol. The zero-order chi connectivity index (χ0) is 11.8. The van der Waals surface area contributed by atoms with Crippen LogP contribution in [0.15, 0.2) is 12.4 Å². The van der Waals surface area contributed by atoms with Gasteiger partial charge in [-0.25, -0.2) is 4.98 Å². The number of fused-ring (bicyclic) bond motifs is 1. The third kappa shape index (κ3) is 2.00. The molecule has 4 nitrogen and oxygen atoms in total. The van der Waals surface area contributed by atoms with Gasteiger partial charge in [-0.05, 0) is 30.6 Å². The van der Waals surface area contributed by atoms with Crippen LogP contribution in [0.3, 0.4) is 0 Å². The molecule has 2 aliphatic rings. The number of aryl methyl sites for hydroxylation is 1. The number of hydrazine groups is 1. The van der Waals surface area contributed by atoms with E-state index in [-0.39, 0.29) is 0 Å². The van der Waals surface area contributed by atoms with Crippen molar-refractivity contribution in [3.05, 3.63) is 18.2 Å². The molecule has 0 bridgehead atoms. The maximum Gasteiger partial charge on any atom is 0.109 e. The quantitative estimate of drug-likeness (QED) is 0.608. The highest BCUT2D eigenvalue weighted by Gasteiger charge is 2.53. The van der Waals surface area contributed by atoms with Crippen LogP contribution < -0.4 is 11.3 Å². The van der Waals surface area contributed by atoms with Crippen molar-refractivity contribution in [2.75, 3.05) is 0 Å². The van der Waals surface area contributed by atoms with Gasteiger partial charge in [-0.15, -0.1) is 0 Å². The lowest BCUT2D eigenvalue weighted by molar-refractivity contribution is 0.426. The summed E-state index contributed by atoms with van der Waals surface area (Å²) >= 11 is 0. The normalized spacial score (nSPS) is 33.2. The van der Waals surface area contributed by atoms with Gasteiger partial charge in [0.25, 0.3) is 0 Å². The SMILES string of the molecule is Cn1ccnc1CC(NN)C1C2CCCCC21. The zero-order valence-electron chi connectivity index (χ0n) is 10.5. The van der Waals surface area contributed by atoms with Crippen LogP contribution in [-0.2, 0) is 13.5 Å². The van der Waals surface area contributed by atoms with Gasteiger partial charge < -0.3 is 4.57 Å². The van der Waals surface area contributed by atoms with Crippen LogP contribution in [0.2, 0.25) is 0 Å². The van der Waals surface area contributed by atoms with Crippen molar-refractivity contribution < 1.29 is 0 Å². The molecule has 1 heterocycles. The molecule has 0 spiro atoms. The Balaban J connectivity index is 1.66. The molecule has 3 rings (SSSR count). The molecule has 3 atom stereocenters. The Kier molecular flexibility index (Phi) is 2.92. The first kappa shape index (κ1) is 11.2. The number of aromatic nitrogens is 2. The predicted molar refractivity (Wildman–Crippen MR) is 67.0 cm³/mol. The molecule has 4 heteroatoms. The maximum atomic E-state index is 5.75. The Morgan fingerprint density at radius 3 is 2.71 bits per heavy atom. The molecule has 0 saturated heterocycles. The Morgan fingerprint density at radius 1 is 1.47 bits per heavy atom. The number of nitrogens with two attached hydrogens (primary N) is 1. The summed E-state index contributed by atoms with van der Waals surface area (Å²) in [5.74, 6) is 9.54. The van der Waals surface area contributed by atoms with Gasteiger partial charge in [-0.1, -0.05) is 12.8 Å². The Hall–Kier alpha value is -0.870. The van der Waals surface area contributed by atoms with Crippen molar-refractivity contribution in [2.45, 2.75) is 38.1 Å². The minimum absolute atomic E-state index is 0.407. The average Bonchev–Trinajstić information content (AvgIpc) is 2.94. The Bertz CT molecular complexity index is 375. The van der Waals surface area contributed by atoms with E-state index in [1.807, 2.05) is 12.4 Å². The molecule has 17 heavy (non-hydrogen) atoms. The smallest absolute Gasteiger partial charge is 0.109 e. The van der Waals surface area contributed by atoms with E-state index in [1.54, 1.807) is 0 Å². The van der Waals surface area contributed by atoms with Crippen LogP contribution in [0.4, 0.5) is 0 Å². The zero-order valence-corrected chi connectivity index (χ0v) is 10.5. The van der Waals surface area contributed by atoms with E-state index in [2.05, 4.69) is 22.0 Å². The summed E-state index contributed by atoms with van der Waals surface area (Å²) < 4.78 is 2.09. The summed E-state index contributed by atoms with van der Waals surface area (Å²) in [6, 6.07) is 0.407. The van der Waals surface area contributed by atoms with E-state index >= 15 is 0 Å². The summed E-state index contributed by atoms with van der Waals surface area (Å²) in [5, 5.41) is 0. The van der Waals surface area contributed by atoms with E-state index < -0.39 is 0 Å². The first-order valence-corrected chi connectivity index (χ1v) is 6.73. The summed E-state index contributed by atoms with van der Waals surface area (Å²) in [6.07, 6.45) is 10.5. The highest BCUT2D eigenvalue weighted by molar-refractivity contribution is 5.07. The van der Waals surface area contributed by atoms with E-state index in [1.165, 1.54) is 25.7 Å². The third-order valence-electron chi connectivity index (χ3n) is 4.72. The number of hydrogen-bond acceptors (Lipinski definition) is 3. The molecule has 0 aromatic carbocycles. The van der Waals surface area contributed by atoms with Crippen LogP contribution >= 0.6 is 0 Å². The third-order valence-corrected chi connectivity index (χ3v) is 4.72. The molecule has 1 aromatic heterocycles. The maximum absolute atomic E-state index is 5.75. The molecule has 1 aromatic rings. The van der Waals surface area contributed by atoms with Crippen LogP contribution in [0.5, 0.6) is 0 Å². The summed E-state index contributed by atoms with van der Waals surface area (Å²) in [4.78, 5) is 4.40. The molecular formula is C13H22N4. The van der Waals surface area contributed by atoms with Crippen molar-refractivity contribution in [1.82, 2.24) is 15.0 Å². The Morgan fingerprint density at radius 2 is 2.18 bits per heavy atom. The fourth-order valence-electron chi connectivity index (χ4n) is 3.74. The fraction of sp³-hybridized carbons (Fsp3) is 0.769. The topological polar surface area (TPSA) is 55.9 Å². The molecule has 0 amide bonds. The standard InChI is InChI=1S/C13H22N4/c1-17-7-6-15-12(17)8-11(16-14)13-9-4-2-3-5-10(9)13/h6-7,9-11,13,16H,2-5,8,14H2,1H3. The van der Waals surface area contributed by atoms with Gasteiger partial charge in [-0.2, -0.15) is 0 Å². The predicted octanol–water partition coefficient (Wildman–Crippen LogP) is 1.23. The number of rotatable bonds is 4. The average molecular weight is 234 g/mol. The molecular weight excluding hydrogens is 212 g/mol. The number of nitrogens with zero attached hydrogens (tertiary/aromatic N) is 2. The van der Waals surface area contributed by atoms with Gasteiger partial charge >= 0.3 is 0 Å². The highest BCUT2D eigenvalue weighted by Crippen LogP contribution is 2.57. The number of nitrogens with one attached hydrogen (secondary N) is 1. The van der Waals surface area contributed by atoms with Crippen molar-refractivity contribution in [3.8, 4) is 0 Å². The van der Waals surface area contributed by atoms with Crippen molar-refractivity contribution in [3.63, 3.8) is 0 Å². The second kappa shape index (κ2) is 4.42. The molecule has 94 valence electrons. The molecule has 3 N–H and O–H groups in total. The molecule has 0 radical (unpaired) electrons. The van der Waals surface area contributed by atoms with Gasteiger partial charge in [0.05, 0.1) is 0 Å². The van der Waals surface area contributed by atoms with Gasteiger partial charge in [0.1, 0.15) is 5.82 Å². The Labute approximate surface area is 103 Å². The van der Waals surface area contributed by atoms with Gasteiger partial charge in [0.15, 0.2) is 0 Å². The second-order valence-corrected chi connectivity index (χ2v) is 5.62. The van der Waals surface area contributed by atoms with Gasteiger partial charge in [-0.3, -0.25) is 11.3 Å². The largest absolute Gasteiger partial charge is 0.338 e. The fourth-order valence-corrected chi connectivity index (χ4v) is 3.74. The number of imidazole rings is 1. The molecule has 2 saturated carbocycles. The van der Waals surface area contributed by atoms with Crippen molar-refractivity contribution >= 4 is 0 Å². The summed E-state index contributed by atoms with van der Waals surface area (Å²) in [5.41, 5.74) is 3.03. The first-order valence-electron chi connectivity index (χ1n) is 6.73. The van der Waals surface area contributed by atoms with E-state index in [9.17, 15) is 0 Å².